The van der Waals surface area contributed by atoms with Crippen LogP contribution in [0.2, 0.25) is 5.15 Å². The molecule has 31 heavy (non-hydrogen) atoms. The minimum absolute atomic E-state index is 0.202. The van der Waals surface area contributed by atoms with E-state index in [1.54, 1.807) is 53.7 Å². The predicted molar refractivity (Wildman–Crippen MR) is 121 cm³/mol. The number of nitrogens with two attached hydrogens (primary N) is 1. The first-order valence-electron chi connectivity index (χ1n) is 9.34. The molecule has 1 atom stereocenters. The second kappa shape index (κ2) is 8.91. The van der Waals surface area contributed by atoms with Crippen LogP contribution >= 0.6 is 27.5 Å². The Morgan fingerprint density at radius 1 is 1.16 bits per heavy atom. The van der Waals surface area contributed by atoms with Gasteiger partial charge in [-0.05, 0) is 65.3 Å². The van der Waals surface area contributed by atoms with Gasteiger partial charge in [0, 0.05) is 23.3 Å². The van der Waals surface area contributed by atoms with E-state index in [1.165, 1.54) is 0 Å². The number of rotatable bonds is 5. The van der Waals surface area contributed by atoms with Crippen molar-refractivity contribution in [2.24, 2.45) is 0 Å². The van der Waals surface area contributed by atoms with Crippen LogP contribution in [0.15, 0.2) is 59.3 Å². The number of aromatic nitrogens is 5. The summed E-state index contributed by atoms with van der Waals surface area (Å²) < 4.78 is 0.670. The molecule has 0 spiro atoms. The molecule has 0 fully saturated rings. The van der Waals surface area contributed by atoms with Crippen LogP contribution < -0.4 is 5.73 Å². The van der Waals surface area contributed by atoms with Gasteiger partial charge in [-0.25, -0.2) is 15.0 Å². The minimum Gasteiger partial charge on any atom is -0.383 e. The van der Waals surface area contributed by atoms with E-state index in [9.17, 15) is 4.79 Å². The van der Waals surface area contributed by atoms with Crippen molar-refractivity contribution in [3.05, 3.63) is 81.6 Å². The van der Waals surface area contributed by atoms with Crippen LogP contribution in [0.25, 0.3) is 10.9 Å². The standard InChI is InChI=1S/C21H17BrClN7O/c1-12(20-25-7-2-8-26-20)30(11-15-4-6-18(23)29-28-15)21(31)13-3-5-17-14(9-13)10-16(22)19(24)27-17/h2-10,12H,11H2,1H3,(H2,24,27)/t12-/m1/s1. The van der Waals surface area contributed by atoms with Gasteiger partial charge in [0.1, 0.15) is 11.6 Å². The molecule has 10 heteroatoms. The SMILES string of the molecule is C[C@H](c1ncccn1)N(Cc1ccc(Cl)nn1)C(=O)c1ccc2nc(N)c(Br)cc2c1. The number of anilines is 1. The van der Waals surface area contributed by atoms with E-state index in [0.717, 1.165) is 5.39 Å². The van der Waals surface area contributed by atoms with Gasteiger partial charge in [0.25, 0.3) is 5.91 Å². The molecule has 1 aromatic carbocycles. The second-order valence-electron chi connectivity index (χ2n) is 6.83. The maximum absolute atomic E-state index is 13.6. The van der Waals surface area contributed by atoms with Crippen molar-refractivity contribution in [2.45, 2.75) is 19.5 Å². The molecule has 4 aromatic rings. The zero-order chi connectivity index (χ0) is 22.0. The molecule has 2 N–H and O–H groups in total. The summed E-state index contributed by atoms with van der Waals surface area (Å²) >= 11 is 9.24. The van der Waals surface area contributed by atoms with Crippen LogP contribution in [-0.2, 0) is 6.54 Å². The third-order valence-corrected chi connectivity index (χ3v) is 5.59. The van der Waals surface area contributed by atoms with Gasteiger partial charge in [0.2, 0.25) is 0 Å². The number of hydrogen-bond donors (Lipinski definition) is 1. The number of fused-ring (bicyclic) bond motifs is 1. The smallest absolute Gasteiger partial charge is 0.254 e. The van der Waals surface area contributed by atoms with E-state index >= 15 is 0 Å². The highest BCUT2D eigenvalue weighted by Gasteiger charge is 2.26. The Hall–Kier alpha value is -3.17. The van der Waals surface area contributed by atoms with Crippen molar-refractivity contribution in [1.82, 2.24) is 30.0 Å². The molecule has 0 aliphatic carbocycles. The predicted octanol–water partition coefficient (Wildman–Crippen LogP) is 4.22. The van der Waals surface area contributed by atoms with E-state index in [4.69, 9.17) is 17.3 Å². The molecule has 0 saturated carbocycles. The molecular formula is C21H17BrClN7O. The fraction of sp³-hybridized carbons (Fsp3) is 0.143. The van der Waals surface area contributed by atoms with Crippen LogP contribution in [0.4, 0.5) is 5.82 Å². The van der Waals surface area contributed by atoms with Crippen molar-refractivity contribution < 1.29 is 4.79 Å². The van der Waals surface area contributed by atoms with Crippen LogP contribution in [0.5, 0.6) is 0 Å². The van der Waals surface area contributed by atoms with Gasteiger partial charge in [0.15, 0.2) is 5.15 Å². The summed E-state index contributed by atoms with van der Waals surface area (Å²) in [7, 11) is 0. The fourth-order valence-electron chi connectivity index (χ4n) is 3.12. The van der Waals surface area contributed by atoms with Gasteiger partial charge < -0.3 is 10.6 Å². The molecule has 0 saturated heterocycles. The second-order valence-corrected chi connectivity index (χ2v) is 8.07. The molecule has 0 bridgehead atoms. The number of nitrogen functional groups attached to an aromatic ring is 1. The molecule has 1 amide bonds. The number of carbonyl (C=O) groups is 1. The lowest BCUT2D eigenvalue weighted by atomic mass is 10.1. The average molecular weight is 499 g/mol. The third kappa shape index (κ3) is 4.62. The number of carbonyl (C=O) groups excluding carboxylic acids is 1. The Balaban J connectivity index is 1.72. The normalized spacial score (nSPS) is 12.0. The molecule has 3 aromatic heterocycles. The highest BCUT2D eigenvalue weighted by atomic mass is 79.9. The Bertz CT molecular complexity index is 1240. The molecule has 0 aliphatic rings. The Labute approximate surface area is 191 Å². The van der Waals surface area contributed by atoms with E-state index in [1.807, 2.05) is 13.0 Å². The summed E-state index contributed by atoms with van der Waals surface area (Å²) in [5, 5.41) is 9.05. The summed E-state index contributed by atoms with van der Waals surface area (Å²) in [5.41, 5.74) is 7.66. The minimum atomic E-state index is -0.404. The summed E-state index contributed by atoms with van der Waals surface area (Å²) in [6.07, 6.45) is 3.29. The van der Waals surface area contributed by atoms with Gasteiger partial charge in [-0.1, -0.05) is 11.6 Å². The van der Waals surface area contributed by atoms with Crippen molar-refractivity contribution in [2.75, 3.05) is 5.73 Å². The average Bonchev–Trinajstić information content (AvgIpc) is 2.79. The lowest BCUT2D eigenvalue weighted by Gasteiger charge is -2.28. The summed E-state index contributed by atoms with van der Waals surface area (Å²) in [6.45, 7) is 2.08. The maximum Gasteiger partial charge on any atom is 0.254 e. The number of halogens is 2. The number of nitrogens with zero attached hydrogens (tertiary/aromatic N) is 6. The lowest BCUT2D eigenvalue weighted by Crippen LogP contribution is -2.34. The van der Waals surface area contributed by atoms with E-state index < -0.39 is 6.04 Å². The fourth-order valence-corrected chi connectivity index (χ4v) is 3.55. The molecule has 0 unspecified atom stereocenters. The summed E-state index contributed by atoms with van der Waals surface area (Å²) in [6, 6.07) is 11.8. The zero-order valence-corrected chi connectivity index (χ0v) is 18.7. The van der Waals surface area contributed by atoms with E-state index in [-0.39, 0.29) is 17.6 Å². The number of amides is 1. The van der Waals surface area contributed by atoms with Crippen molar-refractivity contribution >= 4 is 50.2 Å². The van der Waals surface area contributed by atoms with Gasteiger partial charge >= 0.3 is 0 Å². The number of hydrogen-bond acceptors (Lipinski definition) is 7. The Morgan fingerprint density at radius 2 is 1.94 bits per heavy atom. The lowest BCUT2D eigenvalue weighted by molar-refractivity contribution is 0.0663. The van der Waals surface area contributed by atoms with Crippen molar-refractivity contribution in [1.29, 1.82) is 0 Å². The van der Waals surface area contributed by atoms with Crippen LogP contribution in [0.1, 0.15) is 34.8 Å². The van der Waals surface area contributed by atoms with Gasteiger partial charge in [-0.3, -0.25) is 4.79 Å². The van der Waals surface area contributed by atoms with Crippen LogP contribution in [-0.4, -0.2) is 36.0 Å². The largest absolute Gasteiger partial charge is 0.383 e. The first kappa shape index (κ1) is 21.1. The third-order valence-electron chi connectivity index (χ3n) is 4.75. The van der Waals surface area contributed by atoms with Crippen LogP contribution in [0, 0.1) is 0 Å². The maximum atomic E-state index is 13.6. The Kier molecular flexibility index (Phi) is 6.06. The molecule has 8 nitrogen and oxygen atoms in total. The van der Waals surface area contributed by atoms with Gasteiger partial charge in [0.05, 0.1) is 28.3 Å². The summed E-state index contributed by atoms with van der Waals surface area (Å²) in [5.74, 6) is 0.715. The summed E-state index contributed by atoms with van der Waals surface area (Å²) in [4.78, 5) is 28.2. The topological polar surface area (TPSA) is 111 Å². The first-order chi connectivity index (χ1) is 14.9. The van der Waals surface area contributed by atoms with Crippen molar-refractivity contribution in [3.63, 3.8) is 0 Å². The van der Waals surface area contributed by atoms with E-state index in [2.05, 4.69) is 41.1 Å². The van der Waals surface area contributed by atoms with Crippen molar-refractivity contribution in [3.8, 4) is 0 Å². The molecular weight excluding hydrogens is 482 g/mol. The monoisotopic (exact) mass is 497 g/mol. The zero-order valence-electron chi connectivity index (χ0n) is 16.4. The molecule has 4 rings (SSSR count). The number of pyridine rings is 1. The Morgan fingerprint density at radius 3 is 2.65 bits per heavy atom. The molecule has 156 valence electrons. The molecule has 0 aliphatic heterocycles. The highest BCUT2D eigenvalue weighted by molar-refractivity contribution is 9.10. The van der Waals surface area contributed by atoms with Gasteiger partial charge in [-0.2, -0.15) is 5.10 Å². The molecule has 3 heterocycles. The van der Waals surface area contributed by atoms with Crippen LogP contribution in [0.3, 0.4) is 0 Å². The van der Waals surface area contributed by atoms with Gasteiger partial charge in [-0.15, -0.1) is 5.10 Å². The molecule has 0 radical (unpaired) electrons. The quantitative estimate of drug-likeness (QED) is 0.438. The first-order valence-corrected chi connectivity index (χ1v) is 10.5. The highest BCUT2D eigenvalue weighted by Crippen LogP contribution is 2.26. The van der Waals surface area contributed by atoms with E-state index in [0.29, 0.717) is 32.9 Å². The number of benzene rings is 1.